The number of sulfone groups is 1. The molecule has 0 amide bonds. The molecule has 5 nitrogen and oxygen atoms in total. The molecule has 3 aromatic rings. The second-order valence-electron chi connectivity index (χ2n) is 11.8. The van der Waals surface area contributed by atoms with Gasteiger partial charge >= 0.3 is 0 Å². The standard InChI is InChI=1S/C11H16O2S.C8H14N2.C8H13NS/c1-11(2,3)9-5-7-10(8-6-9)14(4,12)13;1-8(2,3)7-5-9-10(4)6-7;1-6-5-7(10-9-6)8(2,3)4/h5-8H,1-4H3;5-6H,1-4H3;5H,1-4H3. The minimum absolute atomic E-state index is 0.0655. The molecule has 7 heteroatoms. The largest absolute Gasteiger partial charge is 0.276 e. The maximum absolute atomic E-state index is 11.2. The number of aromatic nitrogens is 3. The molecule has 2 aromatic heterocycles. The van der Waals surface area contributed by atoms with Crippen molar-refractivity contribution in [2.45, 2.75) is 90.4 Å². The van der Waals surface area contributed by atoms with Crippen LogP contribution < -0.4 is 0 Å². The van der Waals surface area contributed by atoms with Crippen molar-refractivity contribution in [3.05, 3.63) is 64.4 Å². The van der Waals surface area contributed by atoms with Crippen molar-refractivity contribution >= 4 is 21.4 Å². The Hall–Kier alpha value is -1.99. The first kappa shape index (κ1) is 30.0. The van der Waals surface area contributed by atoms with E-state index in [-0.39, 0.29) is 16.2 Å². The van der Waals surface area contributed by atoms with Crippen LogP contribution in [0.4, 0.5) is 0 Å². The molecule has 0 atom stereocenters. The van der Waals surface area contributed by atoms with Crippen molar-refractivity contribution in [2.24, 2.45) is 7.05 Å². The van der Waals surface area contributed by atoms with E-state index >= 15 is 0 Å². The Balaban J connectivity index is 0.000000261. The first-order valence-electron chi connectivity index (χ1n) is 11.4. The van der Waals surface area contributed by atoms with Gasteiger partial charge in [0.25, 0.3) is 0 Å². The molecule has 0 aliphatic carbocycles. The Kier molecular flexibility index (Phi) is 9.87. The lowest BCUT2D eigenvalue weighted by Gasteiger charge is -2.18. The molecule has 3 rings (SSSR count). The van der Waals surface area contributed by atoms with Crippen LogP contribution in [0.3, 0.4) is 0 Å². The summed E-state index contributed by atoms with van der Waals surface area (Å²) in [6, 6.07) is 9.23. The van der Waals surface area contributed by atoms with E-state index in [9.17, 15) is 8.42 Å². The van der Waals surface area contributed by atoms with Gasteiger partial charge in [-0.15, -0.1) is 0 Å². The summed E-state index contributed by atoms with van der Waals surface area (Å²) < 4.78 is 28.4. The summed E-state index contributed by atoms with van der Waals surface area (Å²) in [4.78, 5) is 1.75. The maximum Gasteiger partial charge on any atom is 0.175 e. The molecule has 0 spiro atoms. The number of hydrogen-bond donors (Lipinski definition) is 0. The smallest absolute Gasteiger partial charge is 0.175 e. The fourth-order valence-corrected chi connectivity index (χ4v) is 4.15. The first-order chi connectivity index (χ1) is 15.2. The molecular formula is C27H43N3O2S2. The van der Waals surface area contributed by atoms with Crippen LogP contribution in [0, 0.1) is 6.92 Å². The second kappa shape index (κ2) is 11.2. The van der Waals surface area contributed by atoms with E-state index in [4.69, 9.17) is 0 Å². The Bertz CT molecular complexity index is 1090. The monoisotopic (exact) mass is 505 g/mol. The van der Waals surface area contributed by atoms with Gasteiger partial charge in [0, 0.05) is 24.4 Å². The molecule has 0 N–H and O–H groups in total. The zero-order valence-corrected chi connectivity index (χ0v) is 24.6. The van der Waals surface area contributed by atoms with Gasteiger partial charge in [-0.1, -0.05) is 74.4 Å². The van der Waals surface area contributed by atoms with Crippen LogP contribution in [0.15, 0.2) is 47.6 Å². The van der Waals surface area contributed by atoms with Crippen LogP contribution in [-0.2, 0) is 33.1 Å². The minimum atomic E-state index is -3.07. The van der Waals surface area contributed by atoms with E-state index in [0.29, 0.717) is 4.90 Å². The fourth-order valence-electron chi connectivity index (χ4n) is 2.73. The van der Waals surface area contributed by atoms with E-state index < -0.39 is 9.84 Å². The molecule has 0 unspecified atom stereocenters. The van der Waals surface area contributed by atoms with E-state index in [1.54, 1.807) is 23.7 Å². The molecule has 2 heterocycles. The van der Waals surface area contributed by atoms with Crippen molar-refractivity contribution < 1.29 is 8.42 Å². The lowest BCUT2D eigenvalue weighted by molar-refractivity contribution is 0.587. The minimum Gasteiger partial charge on any atom is -0.276 e. The SMILES string of the molecule is CC(C)(C)c1ccc(S(C)(=O)=O)cc1.Cc1cc(C(C)(C)C)sn1.Cn1cc(C(C)(C)C)cn1. The van der Waals surface area contributed by atoms with Crippen molar-refractivity contribution in [1.82, 2.24) is 14.2 Å². The first-order valence-corrected chi connectivity index (χ1v) is 14.1. The number of rotatable bonds is 1. The number of benzene rings is 1. The van der Waals surface area contributed by atoms with E-state index in [1.165, 1.54) is 16.7 Å². The van der Waals surface area contributed by atoms with Crippen LogP contribution >= 0.6 is 11.5 Å². The lowest BCUT2D eigenvalue weighted by atomic mass is 9.87. The van der Waals surface area contributed by atoms with Gasteiger partial charge in [0.15, 0.2) is 9.84 Å². The molecule has 34 heavy (non-hydrogen) atoms. The van der Waals surface area contributed by atoms with Crippen molar-refractivity contribution in [1.29, 1.82) is 0 Å². The highest BCUT2D eigenvalue weighted by Crippen LogP contribution is 2.26. The third-order valence-corrected chi connectivity index (χ3v) is 7.52. The highest BCUT2D eigenvalue weighted by Gasteiger charge is 2.16. The molecule has 0 aliphatic rings. The molecule has 1 aromatic carbocycles. The molecular weight excluding hydrogens is 462 g/mol. The van der Waals surface area contributed by atoms with Gasteiger partial charge in [-0.2, -0.15) is 9.47 Å². The molecule has 0 aliphatic heterocycles. The molecule has 0 saturated heterocycles. The van der Waals surface area contributed by atoms with Gasteiger partial charge in [-0.25, -0.2) is 8.42 Å². The molecule has 0 saturated carbocycles. The number of nitrogens with zero attached hydrogens (tertiary/aromatic N) is 3. The topological polar surface area (TPSA) is 64.8 Å². The highest BCUT2D eigenvalue weighted by molar-refractivity contribution is 7.90. The Morgan fingerprint density at radius 2 is 1.32 bits per heavy atom. The number of hydrogen-bond acceptors (Lipinski definition) is 5. The summed E-state index contributed by atoms with van der Waals surface area (Å²) in [5.74, 6) is 0. The third kappa shape index (κ3) is 10.1. The third-order valence-electron chi connectivity index (χ3n) is 5.09. The summed E-state index contributed by atoms with van der Waals surface area (Å²) in [5, 5.41) is 4.10. The molecule has 190 valence electrons. The average Bonchev–Trinajstić information content (AvgIpc) is 3.29. The van der Waals surface area contributed by atoms with Crippen molar-refractivity contribution in [2.75, 3.05) is 6.26 Å². The molecule has 0 fully saturated rings. The quantitative estimate of drug-likeness (QED) is 0.362. The Morgan fingerprint density at radius 3 is 1.56 bits per heavy atom. The summed E-state index contributed by atoms with van der Waals surface area (Å²) in [5.41, 5.74) is 4.13. The predicted molar refractivity (Wildman–Crippen MR) is 146 cm³/mol. The van der Waals surface area contributed by atoms with Crippen LogP contribution in [0.25, 0.3) is 0 Å². The van der Waals surface area contributed by atoms with Crippen LogP contribution in [0.5, 0.6) is 0 Å². The van der Waals surface area contributed by atoms with Crippen molar-refractivity contribution in [3.8, 4) is 0 Å². The summed E-state index contributed by atoms with van der Waals surface area (Å²) in [6.07, 6.45) is 5.19. The zero-order chi connectivity index (χ0) is 26.5. The molecule has 0 bridgehead atoms. The van der Waals surface area contributed by atoms with E-state index in [1.807, 2.05) is 37.0 Å². The maximum atomic E-state index is 11.2. The van der Waals surface area contributed by atoms with Gasteiger partial charge in [0.1, 0.15) is 0 Å². The average molecular weight is 506 g/mol. The zero-order valence-electron chi connectivity index (χ0n) is 23.0. The van der Waals surface area contributed by atoms with Gasteiger partial charge in [-0.05, 0) is 64.0 Å². The summed E-state index contributed by atoms with van der Waals surface area (Å²) in [7, 11) is -1.13. The Labute approximate surface area is 211 Å². The van der Waals surface area contributed by atoms with Crippen LogP contribution in [0.2, 0.25) is 0 Å². The van der Waals surface area contributed by atoms with Crippen molar-refractivity contribution in [3.63, 3.8) is 0 Å². The summed E-state index contributed by atoms with van der Waals surface area (Å²) in [6.45, 7) is 21.5. The summed E-state index contributed by atoms with van der Waals surface area (Å²) >= 11 is 1.61. The van der Waals surface area contributed by atoms with Crippen LogP contribution in [-0.4, -0.2) is 28.8 Å². The van der Waals surface area contributed by atoms with Gasteiger partial charge in [0.05, 0.1) is 16.8 Å². The highest BCUT2D eigenvalue weighted by atomic mass is 32.2. The predicted octanol–water partition coefficient (Wildman–Crippen LogP) is 6.85. The fraction of sp³-hybridized carbons (Fsp3) is 0.556. The van der Waals surface area contributed by atoms with E-state index in [0.717, 1.165) is 11.3 Å². The lowest BCUT2D eigenvalue weighted by Crippen LogP contribution is -2.11. The Morgan fingerprint density at radius 1 is 0.824 bits per heavy atom. The number of aryl methyl sites for hydroxylation is 2. The van der Waals surface area contributed by atoms with E-state index in [2.05, 4.69) is 84.0 Å². The van der Waals surface area contributed by atoms with Gasteiger partial charge in [-0.3, -0.25) is 4.68 Å². The molecule has 0 radical (unpaired) electrons. The van der Waals surface area contributed by atoms with Gasteiger partial charge < -0.3 is 0 Å². The second-order valence-corrected chi connectivity index (χ2v) is 14.6. The van der Waals surface area contributed by atoms with Gasteiger partial charge in [0.2, 0.25) is 0 Å². The normalized spacial score (nSPS) is 12.4. The van der Waals surface area contributed by atoms with Crippen LogP contribution in [0.1, 0.15) is 84.0 Å².